The van der Waals surface area contributed by atoms with Crippen LogP contribution in [0, 0.1) is 19.7 Å². The number of carbonyl (C=O) groups excluding carboxylic acids is 1. The Kier molecular flexibility index (Phi) is 3.95. The number of halogens is 2. The zero-order valence-corrected chi connectivity index (χ0v) is 12.1. The molecule has 98 valence electrons. The number of amides is 1. The summed E-state index contributed by atoms with van der Waals surface area (Å²) in [6, 6.07) is 5.02. The van der Waals surface area contributed by atoms with Gasteiger partial charge in [0.05, 0.1) is 17.4 Å². The summed E-state index contributed by atoms with van der Waals surface area (Å²) >= 11 is 3.41. The molecule has 1 amide bonds. The van der Waals surface area contributed by atoms with Gasteiger partial charge in [0.25, 0.3) is 5.91 Å². The van der Waals surface area contributed by atoms with Crippen molar-refractivity contribution in [2.45, 2.75) is 13.8 Å². The number of pyridine rings is 1. The van der Waals surface area contributed by atoms with Crippen LogP contribution in [0.2, 0.25) is 0 Å². The highest BCUT2D eigenvalue weighted by Crippen LogP contribution is 2.28. The lowest BCUT2D eigenvalue weighted by molar-refractivity contribution is 0.102. The fraction of sp³-hybridized carbons (Fsp3) is 0.143. The van der Waals surface area contributed by atoms with Crippen molar-refractivity contribution in [1.82, 2.24) is 4.98 Å². The van der Waals surface area contributed by atoms with Crippen molar-refractivity contribution >= 4 is 27.5 Å². The van der Waals surface area contributed by atoms with Gasteiger partial charge in [-0.3, -0.25) is 9.78 Å². The fourth-order valence-electron chi connectivity index (χ4n) is 1.80. The normalized spacial score (nSPS) is 10.3. The molecule has 0 aliphatic carbocycles. The van der Waals surface area contributed by atoms with Crippen LogP contribution in [0.3, 0.4) is 0 Å². The first kappa shape index (κ1) is 13.7. The molecule has 1 aromatic heterocycles. The van der Waals surface area contributed by atoms with Gasteiger partial charge in [0, 0.05) is 10.7 Å². The quantitative estimate of drug-likeness (QED) is 0.912. The topological polar surface area (TPSA) is 42.0 Å². The Balaban J connectivity index is 2.29. The van der Waals surface area contributed by atoms with Crippen LogP contribution in [0.15, 0.2) is 35.1 Å². The van der Waals surface area contributed by atoms with Gasteiger partial charge in [-0.05, 0) is 53.0 Å². The van der Waals surface area contributed by atoms with Crippen molar-refractivity contribution in [3.05, 3.63) is 57.6 Å². The number of rotatable bonds is 2. The number of anilines is 1. The molecule has 0 fully saturated rings. The van der Waals surface area contributed by atoms with Gasteiger partial charge >= 0.3 is 0 Å². The molecule has 0 saturated carbocycles. The van der Waals surface area contributed by atoms with Crippen LogP contribution in [-0.2, 0) is 0 Å². The van der Waals surface area contributed by atoms with Gasteiger partial charge < -0.3 is 5.32 Å². The number of nitrogens with zero attached hydrogens (tertiary/aromatic N) is 1. The molecule has 1 heterocycles. The zero-order chi connectivity index (χ0) is 14.0. The third-order valence-electron chi connectivity index (χ3n) is 2.64. The summed E-state index contributed by atoms with van der Waals surface area (Å²) < 4.78 is 13.8. The molecule has 19 heavy (non-hydrogen) atoms. The van der Waals surface area contributed by atoms with Crippen molar-refractivity contribution in [2.75, 3.05) is 5.32 Å². The third-order valence-corrected chi connectivity index (χ3v) is 3.26. The van der Waals surface area contributed by atoms with Gasteiger partial charge in [-0.25, -0.2) is 4.39 Å². The Hall–Kier alpha value is -1.75. The minimum Gasteiger partial charge on any atom is -0.321 e. The maximum Gasteiger partial charge on any atom is 0.257 e. The summed E-state index contributed by atoms with van der Waals surface area (Å²) in [6.07, 6.45) is 2.39. The largest absolute Gasteiger partial charge is 0.321 e. The number of benzene rings is 1. The summed E-state index contributed by atoms with van der Waals surface area (Å²) in [4.78, 5) is 15.7. The number of nitrogens with one attached hydrogen (secondary N) is 1. The number of aromatic nitrogens is 1. The molecule has 0 radical (unpaired) electrons. The van der Waals surface area contributed by atoms with E-state index in [0.717, 1.165) is 27.9 Å². The first-order valence-electron chi connectivity index (χ1n) is 5.66. The first-order valence-corrected chi connectivity index (χ1v) is 6.45. The second-order valence-corrected chi connectivity index (χ2v) is 5.14. The van der Waals surface area contributed by atoms with Crippen LogP contribution in [0.5, 0.6) is 0 Å². The highest BCUT2D eigenvalue weighted by Gasteiger charge is 2.11. The predicted molar refractivity (Wildman–Crippen MR) is 75.8 cm³/mol. The van der Waals surface area contributed by atoms with E-state index < -0.39 is 5.82 Å². The van der Waals surface area contributed by atoms with Gasteiger partial charge in [-0.15, -0.1) is 0 Å². The zero-order valence-electron chi connectivity index (χ0n) is 10.5. The Morgan fingerprint density at radius 1 is 1.26 bits per heavy atom. The molecular weight excluding hydrogens is 311 g/mol. The minimum absolute atomic E-state index is 0.187. The molecule has 0 spiro atoms. The van der Waals surface area contributed by atoms with E-state index in [2.05, 4.69) is 26.2 Å². The van der Waals surface area contributed by atoms with Crippen LogP contribution < -0.4 is 5.32 Å². The highest BCUT2D eigenvalue weighted by molar-refractivity contribution is 9.10. The molecule has 2 rings (SSSR count). The second kappa shape index (κ2) is 5.48. The molecule has 0 unspecified atom stereocenters. The van der Waals surface area contributed by atoms with Gasteiger partial charge in [0.2, 0.25) is 0 Å². The predicted octanol–water partition coefficient (Wildman–Crippen LogP) is 3.85. The van der Waals surface area contributed by atoms with Crippen molar-refractivity contribution in [2.24, 2.45) is 0 Å². The minimum atomic E-state index is -0.535. The van der Waals surface area contributed by atoms with Crippen LogP contribution in [0.1, 0.15) is 21.5 Å². The molecule has 1 N–H and O–H groups in total. The monoisotopic (exact) mass is 322 g/mol. The molecule has 1 aromatic carbocycles. The number of hydrogen-bond donors (Lipinski definition) is 1. The van der Waals surface area contributed by atoms with Crippen LogP contribution in [-0.4, -0.2) is 10.9 Å². The van der Waals surface area contributed by atoms with E-state index in [4.69, 9.17) is 0 Å². The van der Waals surface area contributed by atoms with Crippen LogP contribution in [0.25, 0.3) is 0 Å². The van der Waals surface area contributed by atoms with E-state index in [1.807, 2.05) is 26.0 Å². The van der Waals surface area contributed by atoms with Gasteiger partial charge in [0.15, 0.2) is 0 Å². The molecule has 3 nitrogen and oxygen atoms in total. The average molecular weight is 323 g/mol. The summed E-state index contributed by atoms with van der Waals surface area (Å²) in [6.45, 7) is 3.87. The lowest BCUT2D eigenvalue weighted by Crippen LogP contribution is -2.14. The molecule has 0 atom stereocenters. The fourth-order valence-corrected chi connectivity index (χ4v) is 2.57. The van der Waals surface area contributed by atoms with Crippen molar-refractivity contribution in [3.8, 4) is 0 Å². The molecule has 0 aliphatic rings. The smallest absolute Gasteiger partial charge is 0.257 e. The van der Waals surface area contributed by atoms with Gasteiger partial charge in [0.1, 0.15) is 5.82 Å². The van der Waals surface area contributed by atoms with Crippen molar-refractivity contribution in [3.63, 3.8) is 0 Å². The SMILES string of the molecule is Cc1cc(C)c(NC(=O)c2cncc(F)c2)c(Br)c1. The van der Waals surface area contributed by atoms with E-state index >= 15 is 0 Å². The van der Waals surface area contributed by atoms with E-state index in [-0.39, 0.29) is 11.5 Å². The third kappa shape index (κ3) is 3.17. The van der Waals surface area contributed by atoms with E-state index in [1.54, 1.807) is 0 Å². The Labute approximate surface area is 119 Å². The maximum atomic E-state index is 13.0. The maximum absolute atomic E-state index is 13.0. The lowest BCUT2D eigenvalue weighted by atomic mass is 10.1. The van der Waals surface area contributed by atoms with Crippen molar-refractivity contribution in [1.29, 1.82) is 0 Å². The summed E-state index contributed by atoms with van der Waals surface area (Å²) in [5, 5.41) is 2.76. The summed E-state index contributed by atoms with van der Waals surface area (Å²) in [5.41, 5.74) is 2.89. The lowest BCUT2D eigenvalue weighted by Gasteiger charge is -2.11. The molecule has 0 saturated heterocycles. The first-order chi connectivity index (χ1) is 8.97. The average Bonchev–Trinajstić information content (AvgIpc) is 2.33. The van der Waals surface area contributed by atoms with Crippen molar-refractivity contribution < 1.29 is 9.18 Å². The standard InChI is InChI=1S/C14H12BrFN2O/c1-8-3-9(2)13(12(15)4-8)18-14(19)10-5-11(16)7-17-6-10/h3-7H,1-2H3,(H,18,19). The number of hydrogen-bond acceptors (Lipinski definition) is 2. The number of aryl methyl sites for hydroxylation is 2. The Bertz CT molecular complexity index is 620. The molecular formula is C14H12BrFN2O. The Morgan fingerprint density at radius 2 is 2.00 bits per heavy atom. The highest BCUT2D eigenvalue weighted by atomic mass is 79.9. The molecule has 0 aliphatic heterocycles. The summed E-state index contributed by atoms with van der Waals surface area (Å²) in [7, 11) is 0. The second-order valence-electron chi connectivity index (χ2n) is 4.28. The van der Waals surface area contributed by atoms with Gasteiger partial charge in [-0.1, -0.05) is 6.07 Å². The van der Waals surface area contributed by atoms with Crippen LogP contribution in [0.4, 0.5) is 10.1 Å². The van der Waals surface area contributed by atoms with E-state index in [9.17, 15) is 9.18 Å². The Morgan fingerprint density at radius 3 is 2.63 bits per heavy atom. The van der Waals surface area contributed by atoms with E-state index in [1.165, 1.54) is 6.20 Å². The molecule has 2 aromatic rings. The van der Waals surface area contributed by atoms with E-state index in [0.29, 0.717) is 5.69 Å². The molecule has 5 heteroatoms. The number of carbonyl (C=O) groups is 1. The molecule has 0 bridgehead atoms. The summed E-state index contributed by atoms with van der Waals surface area (Å²) in [5.74, 6) is -0.924. The van der Waals surface area contributed by atoms with Crippen LogP contribution >= 0.6 is 15.9 Å². The van der Waals surface area contributed by atoms with Gasteiger partial charge in [-0.2, -0.15) is 0 Å².